The van der Waals surface area contributed by atoms with Crippen molar-refractivity contribution in [1.29, 1.82) is 0 Å². The first kappa shape index (κ1) is 16.4. The van der Waals surface area contributed by atoms with E-state index in [4.69, 9.17) is 4.74 Å². The van der Waals surface area contributed by atoms with Crippen molar-refractivity contribution in [2.24, 2.45) is 0 Å². The van der Waals surface area contributed by atoms with Crippen LogP contribution in [0, 0.1) is 0 Å². The largest absolute Gasteiger partial charge is 0.439 e. The number of carbonyl (C=O) groups excluding carboxylic acids is 1. The lowest BCUT2D eigenvalue weighted by Crippen LogP contribution is -2.34. The van der Waals surface area contributed by atoms with Gasteiger partial charge in [-0.05, 0) is 23.1 Å². The standard InChI is InChI=1S/C21H25NO2Si/c1-25(2,3)18-14-17(18)22-19(15-10-6-4-7-11-15)20(24-21(22)23)16-12-8-5-9-13-16/h4-13,17-20H,14H2,1-3H3/t17-,18-,19-,20+/m0/s1. The van der Waals surface area contributed by atoms with Gasteiger partial charge in [0.25, 0.3) is 0 Å². The van der Waals surface area contributed by atoms with Crippen LogP contribution in [-0.2, 0) is 4.74 Å². The molecule has 0 spiro atoms. The Hall–Kier alpha value is -2.07. The van der Waals surface area contributed by atoms with Crippen molar-refractivity contribution in [3.63, 3.8) is 0 Å². The molecule has 3 nitrogen and oxygen atoms in total. The molecule has 0 N–H and O–H groups in total. The van der Waals surface area contributed by atoms with E-state index < -0.39 is 8.07 Å². The van der Waals surface area contributed by atoms with Crippen molar-refractivity contribution in [1.82, 2.24) is 4.90 Å². The SMILES string of the molecule is C[Si](C)(C)[C@H]1C[C@@H]1N1C(=O)O[C@H](c2ccccc2)[C@@H]1c1ccccc1. The third kappa shape index (κ3) is 2.99. The number of cyclic esters (lactones) is 1. The van der Waals surface area contributed by atoms with Crippen LogP contribution in [0.5, 0.6) is 0 Å². The highest BCUT2D eigenvalue weighted by atomic mass is 28.3. The Bertz CT molecular complexity index is 756. The zero-order valence-corrected chi connectivity index (χ0v) is 16.1. The van der Waals surface area contributed by atoms with Gasteiger partial charge < -0.3 is 4.74 Å². The van der Waals surface area contributed by atoms with Crippen molar-refractivity contribution < 1.29 is 9.53 Å². The highest BCUT2D eigenvalue weighted by molar-refractivity contribution is 6.78. The second-order valence-electron chi connectivity index (χ2n) is 8.25. The number of rotatable bonds is 4. The van der Waals surface area contributed by atoms with Gasteiger partial charge in [0.2, 0.25) is 0 Å². The van der Waals surface area contributed by atoms with Crippen LogP contribution in [0.15, 0.2) is 60.7 Å². The van der Waals surface area contributed by atoms with Crippen LogP contribution in [0.3, 0.4) is 0 Å². The normalized spacial score (nSPS) is 28.8. The molecule has 2 aliphatic rings. The molecule has 1 aliphatic heterocycles. The predicted molar refractivity (Wildman–Crippen MR) is 102 cm³/mol. The van der Waals surface area contributed by atoms with Crippen molar-refractivity contribution in [3.8, 4) is 0 Å². The zero-order chi connectivity index (χ0) is 17.6. The molecule has 1 amide bonds. The molecule has 0 aromatic heterocycles. The molecule has 1 saturated heterocycles. The third-order valence-electron chi connectivity index (χ3n) is 5.52. The van der Waals surface area contributed by atoms with Crippen LogP contribution in [-0.4, -0.2) is 25.1 Å². The van der Waals surface area contributed by atoms with Gasteiger partial charge in [0, 0.05) is 14.1 Å². The summed E-state index contributed by atoms with van der Waals surface area (Å²) in [6.07, 6.45) is 0.725. The minimum Gasteiger partial charge on any atom is -0.439 e. The fourth-order valence-corrected chi connectivity index (χ4v) is 6.40. The van der Waals surface area contributed by atoms with Gasteiger partial charge >= 0.3 is 6.09 Å². The van der Waals surface area contributed by atoms with E-state index in [0.717, 1.165) is 17.5 Å². The number of hydrogen-bond acceptors (Lipinski definition) is 2. The maximum absolute atomic E-state index is 12.8. The lowest BCUT2D eigenvalue weighted by Gasteiger charge is -2.27. The van der Waals surface area contributed by atoms with Gasteiger partial charge in [-0.25, -0.2) is 4.79 Å². The smallest absolute Gasteiger partial charge is 0.411 e. The Morgan fingerprint density at radius 3 is 2.00 bits per heavy atom. The summed E-state index contributed by atoms with van der Waals surface area (Å²) in [6.45, 7) is 7.18. The summed E-state index contributed by atoms with van der Waals surface area (Å²) in [6, 6.07) is 20.8. The van der Waals surface area contributed by atoms with Gasteiger partial charge in [-0.2, -0.15) is 0 Å². The Morgan fingerprint density at radius 2 is 1.48 bits per heavy atom. The number of amides is 1. The molecule has 130 valence electrons. The van der Waals surface area contributed by atoms with Crippen molar-refractivity contribution in [3.05, 3.63) is 71.8 Å². The fraction of sp³-hybridized carbons (Fsp3) is 0.381. The van der Waals surface area contributed by atoms with E-state index >= 15 is 0 Å². The molecule has 0 unspecified atom stereocenters. The highest BCUT2D eigenvalue weighted by Crippen LogP contribution is 2.55. The first-order chi connectivity index (χ1) is 12.0. The fourth-order valence-electron chi connectivity index (χ4n) is 4.13. The first-order valence-electron chi connectivity index (χ1n) is 9.05. The number of nitrogens with zero attached hydrogens (tertiary/aromatic N) is 1. The van der Waals surface area contributed by atoms with Crippen LogP contribution < -0.4 is 0 Å². The van der Waals surface area contributed by atoms with Crippen LogP contribution >= 0.6 is 0 Å². The lowest BCUT2D eigenvalue weighted by molar-refractivity contribution is 0.129. The van der Waals surface area contributed by atoms with Gasteiger partial charge in [0.1, 0.15) is 6.04 Å². The van der Waals surface area contributed by atoms with Crippen molar-refractivity contribution in [2.45, 2.75) is 49.8 Å². The molecular weight excluding hydrogens is 326 g/mol. The molecule has 2 fully saturated rings. The Balaban J connectivity index is 1.72. The predicted octanol–water partition coefficient (Wildman–Crippen LogP) is 5.40. The summed E-state index contributed by atoms with van der Waals surface area (Å²) in [5.41, 5.74) is 2.89. The van der Waals surface area contributed by atoms with E-state index in [-0.39, 0.29) is 18.2 Å². The summed E-state index contributed by atoms with van der Waals surface area (Å²) >= 11 is 0. The maximum Gasteiger partial charge on any atom is 0.411 e. The third-order valence-corrected chi connectivity index (χ3v) is 8.37. The number of ether oxygens (including phenoxy) is 1. The summed E-state index contributed by atoms with van der Waals surface area (Å²) in [7, 11) is -1.26. The van der Waals surface area contributed by atoms with Crippen molar-refractivity contribution in [2.75, 3.05) is 0 Å². The van der Waals surface area contributed by atoms with E-state index in [0.29, 0.717) is 11.6 Å². The summed E-state index contributed by atoms with van der Waals surface area (Å²) in [4.78, 5) is 14.9. The molecule has 1 saturated carbocycles. The summed E-state index contributed by atoms with van der Waals surface area (Å²) in [5.74, 6) is 0. The number of benzene rings is 2. The molecule has 2 aromatic rings. The van der Waals surface area contributed by atoms with Crippen LogP contribution in [0.4, 0.5) is 4.79 Å². The minimum atomic E-state index is -1.26. The van der Waals surface area contributed by atoms with E-state index in [1.807, 2.05) is 41.3 Å². The molecule has 2 aromatic carbocycles. The van der Waals surface area contributed by atoms with E-state index in [1.165, 1.54) is 0 Å². The average molecular weight is 352 g/mol. The molecule has 4 atom stereocenters. The first-order valence-corrected chi connectivity index (χ1v) is 12.6. The van der Waals surface area contributed by atoms with Gasteiger partial charge in [-0.3, -0.25) is 4.90 Å². The molecule has 1 heterocycles. The van der Waals surface area contributed by atoms with E-state index in [2.05, 4.69) is 43.9 Å². The van der Waals surface area contributed by atoms with E-state index in [1.54, 1.807) is 0 Å². The molecule has 0 bridgehead atoms. The molecule has 1 aliphatic carbocycles. The highest BCUT2D eigenvalue weighted by Gasteiger charge is 2.57. The topological polar surface area (TPSA) is 29.5 Å². The van der Waals surface area contributed by atoms with Gasteiger partial charge in [-0.1, -0.05) is 80.3 Å². The van der Waals surface area contributed by atoms with Gasteiger partial charge in [0.05, 0.1) is 0 Å². The molecule has 25 heavy (non-hydrogen) atoms. The Labute approximate surface area is 150 Å². The molecular formula is C21H25NO2Si. The maximum atomic E-state index is 12.8. The van der Waals surface area contributed by atoms with Crippen LogP contribution in [0.1, 0.15) is 29.7 Å². The minimum absolute atomic E-state index is 0.0394. The quantitative estimate of drug-likeness (QED) is 0.690. The van der Waals surface area contributed by atoms with Crippen LogP contribution in [0.2, 0.25) is 25.2 Å². The van der Waals surface area contributed by atoms with Gasteiger partial charge in [-0.15, -0.1) is 0 Å². The number of hydrogen-bond donors (Lipinski definition) is 0. The van der Waals surface area contributed by atoms with Crippen LogP contribution in [0.25, 0.3) is 0 Å². The average Bonchev–Trinajstić information content (AvgIpc) is 3.33. The number of carbonyl (C=O) groups is 1. The monoisotopic (exact) mass is 351 g/mol. The van der Waals surface area contributed by atoms with Gasteiger partial charge in [0.15, 0.2) is 6.10 Å². The summed E-state index contributed by atoms with van der Waals surface area (Å²) < 4.78 is 5.89. The molecule has 0 radical (unpaired) electrons. The molecule has 4 rings (SSSR count). The summed E-state index contributed by atoms with van der Waals surface area (Å²) in [5, 5.41) is 0. The second kappa shape index (κ2) is 6.02. The second-order valence-corrected chi connectivity index (χ2v) is 13.7. The van der Waals surface area contributed by atoms with E-state index in [9.17, 15) is 4.79 Å². The lowest BCUT2D eigenvalue weighted by atomic mass is 9.95. The Morgan fingerprint density at radius 1 is 0.920 bits per heavy atom. The zero-order valence-electron chi connectivity index (χ0n) is 15.1. The molecule has 4 heteroatoms. The van der Waals surface area contributed by atoms with Crippen molar-refractivity contribution >= 4 is 14.2 Å². The Kier molecular flexibility index (Phi) is 3.95.